The second-order valence-electron chi connectivity index (χ2n) is 7.18. The summed E-state index contributed by atoms with van der Waals surface area (Å²) in [6.07, 6.45) is 7.56. The molecule has 1 saturated heterocycles. The van der Waals surface area contributed by atoms with Crippen LogP contribution in [0.25, 0.3) is 6.08 Å². The summed E-state index contributed by atoms with van der Waals surface area (Å²) < 4.78 is 1.65. The lowest BCUT2D eigenvalue weighted by molar-refractivity contribution is 0.108. The minimum absolute atomic E-state index is 0.0406. The summed E-state index contributed by atoms with van der Waals surface area (Å²) >= 11 is 0. The zero-order valence-corrected chi connectivity index (χ0v) is 15.2. The molecule has 1 fully saturated rings. The highest BCUT2D eigenvalue weighted by Gasteiger charge is 2.19. The molecular weight excluding hydrogens is 324 g/mol. The van der Waals surface area contributed by atoms with E-state index in [1.807, 2.05) is 6.07 Å². The van der Waals surface area contributed by atoms with Gasteiger partial charge in [0.05, 0.1) is 12.4 Å². The van der Waals surface area contributed by atoms with E-state index in [1.54, 1.807) is 10.7 Å². The molecule has 2 aliphatic rings. The van der Waals surface area contributed by atoms with E-state index >= 15 is 0 Å². The highest BCUT2D eigenvalue weighted by molar-refractivity contribution is 5.48. The quantitative estimate of drug-likeness (QED) is 0.827. The average Bonchev–Trinajstić information content (AvgIpc) is 3.11. The Kier molecular flexibility index (Phi) is 5.27. The molecule has 0 spiro atoms. The molecule has 26 heavy (non-hydrogen) atoms. The van der Waals surface area contributed by atoms with Crippen LogP contribution in [0.15, 0.2) is 47.3 Å². The summed E-state index contributed by atoms with van der Waals surface area (Å²) in [5.41, 5.74) is 3.56. The van der Waals surface area contributed by atoms with E-state index in [4.69, 9.17) is 0 Å². The van der Waals surface area contributed by atoms with E-state index in [2.05, 4.69) is 51.3 Å². The molecule has 0 bridgehead atoms. The number of aryl methyl sites for hydroxylation is 2. The van der Waals surface area contributed by atoms with Gasteiger partial charge in [-0.1, -0.05) is 42.5 Å². The number of nitrogens with zero attached hydrogens (tertiary/aromatic N) is 4. The van der Waals surface area contributed by atoms with Crippen molar-refractivity contribution in [2.24, 2.45) is 0 Å². The topological polar surface area (TPSA) is 41.4 Å². The Labute approximate surface area is 154 Å². The zero-order valence-electron chi connectivity index (χ0n) is 15.2. The molecule has 2 heterocycles. The average molecular weight is 350 g/mol. The Morgan fingerprint density at radius 3 is 2.58 bits per heavy atom. The largest absolute Gasteiger partial charge is 0.297 e. The maximum absolute atomic E-state index is 12.2. The number of hydrogen-bond donors (Lipinski definition) is 0. The molecule has 5 heteroatoms. The number of aromatic nitrogens is 2. The van der Waals surface area contributed by atoms with E-state index in [-0.39, 0.29) is 5.56 Å². The molecule has 1 aromatic carbocycles. The van der Waals surface area contributed by atoms with Gasteiger partial charge < -0.3 is 0 Å². The summed E-state index contributed by atoms with van der Waals surface area (Å²) in [5, 5.41) is 4.59. The fourth-order valence-electron chi connectivity index (χ4n) is 3.75. The first-order chi connectivity index (χ1) is 12.8. The maximum atomic E-state index is 12.2. The van der Waals surface area contributed by atoms with Gasteiger partial charge >= 0.3 is 0 Å². The van der Waals surface area contributed by atoms with Crippen LogP contribution in [0.2, 0.25) is 0 Å². The third kappa shape index (κ3) is 4.11. The molecule has 1 aliphatic carbocycles. The van der Waals surface area contributed by atoms with Crippen LogP contribution in [0.1, 0.15) is 23.2 Å². The Balaban J connectivity index is 1.28. The van der Waals surface area contributed by atoms with Crippen molar-refractivity contribution < 1.29 is 0 Å². The smallest absolute Gasteiger partial charge is 0.268 e. The predicted molar refractivity (Wildman–Crippen MR) is 104 cm³/mol. The van der Waals surface area contributed by atoms with Crippen LogP contribution in [0.5, 0.6) is 0 Å². The van der Waals surface area contributed by atoms with Crippen LogP contribution in [-0.2, 0) is 19.5 Å². The normalized spacial score (nSPS) is 18.5. The SMILES string of the molecule is O=c1cc2c(nn1CN1CCN(CC=Cc3ccccc3)CC1)CCC2. The molecule has 1 aromatic heterocycles. The number of piperazine rings is 1. The number of hydrogen-bond acceptors (Lipinski definition) is 4. The van der Waals surface area contributed by atoms with E-state index < -0.39 is 0 Å². The van der Waals surface area contributed by atoms with Gasteiger partial charge in [-0.05, 0) is 30.4 Å². The van der Waals surface area contributed by atoms with Crippen molar-refractivity contribution in [3.05, 3.63) is 69.6 Å². The molecule has 136 valence electrons. The van der Waals surface area contributed by atoms with Gasteiger partial charge in [-0.2, -0.15) is 5.10 Å². The summed E-state index contributed by atoms with van der Waals surface area (Å²) in [7, 11) is 0. The highest BCUT2D eigenvalue weighted by Crippen LogP contribution is 2.17. The Hall–Kier alpha value is -2.24. The zero-order chi connectivity index (χ0) is 17.8. The lowest BCUT2D eigenvalue weighted by Crippen LogP contribution is -2.48. The van der Waals surface area contributed by atoms with Gasteiger partial charge in [0.15, 0.2) is 0 Å². The minimum atomic E-state index is 0.0406. The van der Waals surface area contributed by atoms with Gasteiger partial charge in [0.1, 0.15) is 0 Å². The van der Waals surface area contributed by atoms with E-state index in [0.717, 1.165) is 63.2 Å². The van der Waals surface area contributed by atoms with Crippen LogP contribution in [0, 0.1) is 0 Å². The maximum Gasteiger partial charge on any atom is 0.268 e. The third-order valence-electron chi connectivity index (χ3n) is 5.30. The summed E-state index contributed by atoms with van der Waals surface area (Å²) in [4.78, 5) is 17.0. The van der Waals surface area contributed by atoms with E-state index in [9.17, 15) is 4.79 Å². The fraction of sp³-hybridized carbons (Fsp3) is 0.429. The van der Waals surface area contributed by atoms with Crippen LogP contribution in [-0.4, -0.2) is 52.3 Å². The molecular formula is C21H26N4O. The molecule has 0 atom stereocenters. The molecule has 0 N–H and O–H groups in total. The highest BCUT2D eigenvalue weighted by atomic mass is 16.1. The standard InChI is InChI=1S/C21H26N4O/c26-21-16-19-9-4-10-20(19)22-25(21)17-24-14-12-23(13-15-24)11-5-8-18-6-2-1-3-7-18/h1-3,5-8,16H,4,9-15,17H2. The minimum Gasteiger partial charge on any atom is -0.297 e. The molecule has 0 unspecified atom stereocenters. The Morgan fingerprint density at radius 2 is 1.77 bits per heavy atom. The van der Waals surface area contributed by atoms with Crippen molar-refractivity contribution in [3.63, 3.8) is 0 Å². The van der Waals surface area contributed by atoms with E-state index in [1.165, 1.54) is 5.56 Å². The fourth-order valence-corrected chi connectivity index (χ4v) is 3.75. The summed E-state index contributed by atoms with van der Waals surface area (Å²) in [5.74, 6) is 0. The molecule has 1 aliphatic heterocycles. The first kappa shape index (κ1) is 17.2. The van der Waals surface area contributed by atoms with Gasteiger partial charge in [-0.15, -0.1) is 0 Å². The molecule has 5 nitrogen and oxygen atoms in total. The van der Waals surface area contributed by atoms with Gasteiger partial charge in [-0.3, -0.25) is 14.6 Å². The van der Waals surface area contributed by atoms with Gasteiger partial charge in [-0.25, -0.2) is 4.68 Å². The van der Waals surface area contributed by atoms with Crippen molar-refractivity contribution in [2.45, 2.75) is 25.9 Å². The van der Waals surface area contributed by atoms with Gasteiger partial charge in [0, 0.05) is 38.8 Å². The van der Waals surface area contributed by atoms with Crippen molar-refractivity contribution in [3.8, 4) is 0 Å². The Bertz CT molecular complexity index is 820. The van der Waals surface area contributed by atoms with Crippen LogP contribution in [0.3, 0.4) is 0 Å². The number of rotatable bonds is 5. The first-order valence-corrected chi connectivity index (χ1v) is 9.54. The van der Waals surface area contributed by atoms with Gasteiger partial charge in [0.2, 0.25) is 0 Å². The molecule has 4 rings (SSSR count). The van der Waals surface area contributed by atoms with Crippen molar-refractivity contribution >= 4 is 6.08 Å². The number of benzene rings is 1. The van der Waals surface area contributed by atoms with Crippen molar-refractivity contribution in [1.29, 1.82) is 0 Å². The number of fused-ring (bicyclic) bond motifs is 1. The van der Waals surface area contributed by atoms with E-state index in [0.29, 0.717) is 6.67 Å². The monoisotopic (exact) mass is 350 g/mol. The summed E-state index contributed by atoms with van der Waals surface area (Å²) in [6, 6.07) is 12.2. The molecule has 0 amide bonds. The second kappa shape index (κ2) is 7.98. The molecule has 2 aromatic rings. The van der Waals surface area contributed by atoms with Crippen LogP contribution < -0.4 is 5.56 Å². The molecule has 0 radical (unpaired) electrons. The Morgan fingerprint density at radius 1 is 1.00 bits per heavy atom. The predicted octanol–water partition coefficient (Wildman–Crippen LogP) is 2.02. The summed E-state index contributed by atoms with van der Waals surface area (Å²) in [6.45, 7) is 5.59. The van der Waals surface area contributed by atoms with Crippen molar-refractivity contribution in [2.75, 3.05) is 32.7 Å². The lowest BCUT2D eigenvalue weighted by atomic mass is 10.2. The molecule has 0 saturated carbocycles. The van der Waals surface area contributed by atoms with Crippen molar-refractivity contribution in [1.82, 2.24) is 19.6 Å². The van der Waals surface area contributed by atoms with Crippen LogP contribution in [0.4, 0.5) is 0 Å². The third-order valence-corrected chi connectivity index (χ3v) is 5.30. The van der Waals surface area contributed by atoms with Gasteiger partial charge in [0.25, 0.3) is 5.56 Å². The first-order valence-electron chi connectivity index (χ1n) is 9.54. The van der Waals surface area contributed by atoms with Crippen LogP contribution >= 0.6 is 0 Å². The lowest BCUT2D eigenvalue weighted by Gasteiger charge is -2.34. The second-order valence-corrected chi connectivity index (χ2v) is 7.18.